The number of methoxy groups -OCH3 is 1. The van der Waals surface area contributed by atoms with Crippen molar-refractivity contribution in [3.8, 4) is 16.9 Å². The fourth-order valence-corrected chi connectivity index (χ4v) is 3.93. The van der Waals surface area contributed by atoms with E-state index in [4.69, 9.17) is 4.74 Å². The smallest absolute Gasteiger partial charge is 0.119 e. The fourth-order valence-electron chi connectivity index (χ4n) is 3.93. The van der Waals surface area contributed by atoms with Gasteiger partial charge in [-0.05, 0) is 90.4 Å². The van der Waals surface area contributed by atoms with Gasteiger partial charge in [0.05, 0.1) is 7.11 Å². The van der Waals surface area contributed by atoms with E-state index >= 15 is 0 Å². The molecule has 2 aromatic rings. The van der Waals surface area contributed by atoms with Crippen LogP contribution in [-0.4, -0.2) is 7.11 Å². The van der Waals surface area contributed by atoms with Crippen LogP contribution in [0.25, 0.3) is 23.3 Å². The molecule has 0 aliphatic heterocycles. The summed E-state index contributed by atoms with van der Waals surface area (Å²) in [6, 6.07) is 14.9. The van der Waals surface area contributed by atoms with Crippen molar-refractivity contribution in [3.05, 3.63) is 101 Å². The molecule has 0 aromatic heterocycles. The van der Waals surface area contributed by atoms with Crippen LogP contribution >= 0.6 is 0 Å². The minimum atomic E-state index is 0.441. The van der Waals surface area contributed by atoms with Gasteiger partial charge in [-0.2, -0.15) is 0 Å². The first kappa shape index (κ1) is 25.2. The molecule has 168 valence electrons. The summed E-state index contributed by atoms with van der Waals surface area (Å²) in [4.78, 5) is 0. The Morgan fingerprint density at radius 2 is 1.75 bits per heavy atom. The van der Waals surface area contributed by atoms with E-state index < -0.39 is 0 Å². The third-order valence-electron chi connectivity index (χ3n) is 5.67. The largest absolute Gasteiger partial charge is 0.497 e. The van der Waals surface area contributed by atoms with E-state index in [1.807, 2.05) is 19.1 Å². The van der Waals surface area contributed by atoms with Crippen molar-refractivity contribution in [1.82, 2.24) is 0 Å². The summed E-state index contributed by atoms with van der Waals surface area (Å²) in [6.07, 6.45) is 19.7. The van der Waals surface area contributed by atoms with Crippen molar-refractivity contribution < 1.29 is 4.74 Å². The van der Waals surface area contributed by atoms with E-state index in [-0.39, 0.29) is 0 Å². The molecule has 2 aromatic carbocycles. The maximum absolute atomic E-state index is 5.39. The van der Waals surface area contributed by atoms with Gasteiger partial charge in [0.1, 0.15) is 5.75 Å². The van der Waals surface area contributed by atoms with Gasteiger partial charge in [-0.15, -0.1) is 0 Å². The van der Waals surface area contributed by atoms with Crippen LogP contribution in [0.4, 0.5) is 0 Å². The quantitative estimate of drug-likeness (QED) is 0.380. The maximum Gasteiger partial charge on any atom is 0.119 e. The molecule has 0 bridgehead atoms. The number of allylic oxidation sites excluding steroid dienone is 8. The average Bonchev–Trinajstić information content (AvgIpc) is 2.83. The molecule has 1 unspecified atom stereocenters. The molecule has 0 amide bonds. The van der Waals surface area contributed by atoms with Crippen LogP contribution in [0.2, 0.25) is 0 Å². The molecule has 1 heteroatoms. The lowest BCUT2D eigenvalue weighted by molar-refractivity contribution is 0.415. The molecule has 0 spiro atoms. The Hall–Kier alpha value is -3.06. The number of hydrogen-bond donors (Lipinski definition) is 0. The lowest BCUT2D eigenvalue weighted by Crippen LogP contribution is -2.24. The van der Waals surface area contributed by atoms with Gasteiger partial charge in [0.25, 0.3) is 0 Å². The summed E-state index contributed by atoms with van der Waals surface area (Å²) in [5, 5.41) is 2.55. The maximum atomic E-state index is 5.39. The third kappa shape index (κ3) is 6.99. The first-order valence-corrected chi connectivity index (χ1v) is 11.6. The van der Waals surface area contributed by atoms with Crippen LogP contribution < -0.4 is 15.2 Å². The van der Waals surface area contributed by atoms with Gasteiger partial charge in [0, 0.05) is 0 Å². The molecular formula is C31H38O. The van der Waals surface area contributed by atoms with E-state index in [0.717, 1.165) is 18.6 Å². The van der Waals surface area contributed by atoms with Gasteiger partial charge in [0.15, 0.2) is 0 Å². The minimum Gasteiger partial charge on any atom is -0.497 e. The highest BCUT2D eigenvalue weighted by Gasteiger charge is 2.10. The lowest BCUT2D eigenvalue weighted by Gasteiger charge is -2.16. The van der Waals surface area contributed by atoms with Crippen molar-refractivity contribution in [2.45, 2.75) is 47.5 Å². The second kappa shape index (κ2) is 13.4. The third-order valence-corrected chi connectivity index (χ3v) is 5.67. The molecule has 0 N–H and O–H groups in total. The van der Waals surface area contributed by atoms with Crippen molar-refractivity contribution in [2.24, 2.45) is 5.92 Å². The number of ether oxygens (including phenoxy) is 1. The number of hydrogen-bond acceptors (Lipinski definition) is 1. The molecule has 1 nitrogen and oxygen atoms in total. The van der Waals surface area contributed by atoms with Crippen LogP contribution in [0.5, 0.6) is 5.75 Å². The molecule has 0 heterocycles. The highest BCUT2D eigenvalue weighted by Crippen LogP contribution is 2.25. The van der Waals surface area contributed by atoms with Gasteiger partial charge in [-0.3, -0.25) is 0 Å². The second-order valence-electron chi connectivity index (χ2n) is 7.90. The van der Waals surface area contributed by atoms with Crippen LogP contribution in [-0.2, 0) is 0 Å². The average molecular weight is 427 g/mol. The van der Waals surface area contributed by atoms with Gasteiger partial charge in [-0.1, -0.05) is 86.7 Å². The molecule has 0 radical (unpaired) electrons. The molecule has 0 aliphatic rings. The first-order chi connectivity index (χ1) is 15.6. The molecule has 2 rings (SSSR count). The fraction of sp³-hybridized carbons (Fsp3) is 0.290. The van der Waals surface area contributed by atoms with Crippen molar-refractivity contribution in [3.63, 3.8) is 0 Å². The van der Waals surface area contributed by atoms with Crippen molar-refractivity contribution in [1.29, 1.82) is 0 Å². The van der Waals surface area contributed by atoms with Crippen molar-refractivity contribution in [2.75, 3.05) is 7.11 Å². The second-order valence-corrected chi connectivity index (χ2v) is 7.90. The van der Waals surface area contributed by atoms with Gasteiger partial charge < -0.3 is 4.74 Å². The summed E-state index contributed by atoms with van der Waals surface area (Å²) < 4.78 is 5.39. The summed E-state index contributed by atoms with van der Waals surface area (Å²) in [5.41, 5.74) is 5.10. The number of rotatable bonds is 9. The Labute approximate surface area is 194 Å². The molecule has 0 aliphatic carbocycles. The Bertz CT molecular complexity index is 1110. The zero-order valence-corrected chi connectivity index (χ0v) is 20.6. The molecular weight excluding hydrogens is 388 g/mol. The van der Waals surface area contributed by atoms with Gasteiger partial charge in [-0.25, -0.2) is 0 Å². The Balaban J connectivity index is 2.32. The van der Waals surface area contributed by atoms with E-state index in [1.54, 1.807) is 7.11 Å². The molecule has 0 fully saturated rings. The predicted octanol–water partition coefficient (Wildman–Crippen LogP) is 7.38. The summed E-state index contributed by atoms with van der Waals surface area (Å²) in [7, 11) is 1.71. The van der Waals surface area contributed by atoms with Crippen LogP contribution in [0.3, 0.4) is 0 Å². The number of benzene rings is 2. The Kier molecular flexibility index (Phi) is 10.5. The summed E-state index contributed by atoms with van der Waals surface area (Å²) in [5.74, 6) is 1.32. The molecule has 0 saturated heterocycles. The molecule has 32 heavy (non-hydrogen) atoms. The van der Waals surface area contributed by atoms with Gasteiger partial charge in [0.2, 0.25) is 0 Å². The van der Waals surface area contributed by atoms with Crippen molar-refractivity contribution >= 4 is 12.2 Å². The van der Waals surface area contributed by atoms with E-state index in [1.165, 1.54) is 32.7 Å². The summed E-state index contributed by atoms with van der Waals surface area (Å²) >= 11 is 0. The van der Waals surface area contributed by atoms with E-state index in [2.05, 4.69) is 107 Å². The molecule has 0 saturated carbocycles. The van der Waals surface area contributed by atoms with E-state index in [0.29, 0.717) is 5.92 Å². The standard InChI is InChI=1S/C31H38O/c1-7-11-12-15-27(14-8-2)31(10-4)24(5)18-19-26-20-21-29(22-25(26)9-3)28-16-13-17-30(23-28)32-6/h7,9-17,19-24H,8,18H2,1-6H3. The topological polar surface area (TPSA) is 9.23 Å². The zero-order chi connectivity index (χ0) is 23.3. The van der Waals surface area contributed by atoms with E-state index in [9.17, 15) is 0 Å². The van der Waals surface area contributed by atoms with Crippen LogP contribution in [0.15, 0.2) is 90.1 Å². The SMILES string of the molecule is CC=CC=CC(=CCC)C(=CC)C(C)CC=c1ccc(-c2cccc(OC)c2)cc1=CC. The molecule has 1 atom stereocenters. The van der Waals surface area contributed by atoms with Gasteiger partial charge >= 0.3 is 0 Å². The normalized spacial score (nSPS) is 15.2. The highest BCUT2D eigenvalue weighted by molar-refractivity contribution is 5.65. The van der Waals surface area contributed by atoms with Crippen LogP contribution in [0.1, 0.15) is 47.5 Å². The Morgan fingerprint density at radius 1 is 0.969 bits per heavy atom. The monoisotopic (exact) mass is 426 g/mol. The summed E-state index contributed by atoms with van der Waals surface area (Å²) in [6.45, 7) is 10.8. The predicted molar refractivity (Wildman–Crippen MR) is 142 cm³/mol. The zero-order valence-electron chi connectivity index (χ0n) is 20.6. The minimum absolute atomic E-state index is 0.441. The highest BCUT2D eigenvalue weighted by atomic mass is 16.5. The lowest BCUT2D eigenvalue weighted by atomic mass is 9.89. The first-order valence-electron chi connectivity index (χ1n) is 11.6. The van der Waals surface area contributed by atoms with Crippen LogP contribution in [0, 0.1) is 5.92 Å². The Morgan fingerprint density at radius 3 is 2.41 bits per heavy atom.